The number of hydrogen-bond acceptors (Lipinski definition) is 5. The van der Waals surface area contributed by atoms with E-state index in [9.17, 15) is 13.2 Å². The Bertz CT molecular complexity index is 885. The van der Waals surface area contributed by atoms with E-state index in [0.717, 1.165) is 16.3 Å². The van der Waals surface area contributed by atoms with E-state index in [1.807, 2.05) is 6.92 Å². The molecule has 10 heteroatoms. The van der Waals surface area contributed by atoms with E-state index >= 15 is 0 Å². The summed E-state index contributed by atoms with van der Waals surface area (Å²) in [7, 11) is 0. The third-order valence-corrected chi connectivity index (χ3v) is 3.58. The van der Waals surface area contributed by atoms with Gasteiger partial charge in [0.2, 0.25) is 5.95 Å². The van der Waals surface area contributed by atoms with E-state index < -0.39 is 17.9 Å². The van der Waals surface area contributed by atoms with E-state index in [1.165, 1.54) is 12.1 Å². The van der Waals surface area contributed by atoms with Crippen LogP contribution in [-0.2, 0) is 6.61 Å². The molecule has 0 aliphatic heterocycles. The maximum absolute atomic E-state index is 14.4. The smallest absolute Gasteiger partial charge is 0.316 e. The van der Waals surface area contributed by atoms with Gasteiger partial charge in [0.1, 0.15) is 6.61 Å². The van der Waals surface area contributed by atoms with Crippen LogP contribution in [0, 0.1) is 12.9 Å². The zero-order valence-corrected chi connectivity index (χ0v) is 13.6. The summed E-state index contributed by atoms with van der Waals surface area (Å²) in [5, 5.41) is 7.17. The van der Waals surface area contributed by atoms with Gasteiger partial charge in [0, 0.05) is 23.0 Å². The first-order valence-electron chi connectivity index (χ1n) is 7.05. The van der Waals surface area contributed by atoms with Crippen LogP contribution < -0.4 is 4.74 Å². The van der Waals surface area contributed by atoms with Crippen molar-refractivity contribution in [3.05, 3.63) is 58.4 Å². The molecule has 130 valence electrons. The maximum Gasteiger partial charge on any atom is 0.316 e. The van der Waals surface area contributed by atoms with Gasteiger partial charge >= 0.3 is 6.01 Å². The Morgan fingerprint density at radius 1 is 1.24 bits per heavy atom. The number of alkyl halides is 2. The van der Waals surface area contributed by atoms with E-state index in [-0.39, 0.29) is 29.0 Å². The van der Waals surface area contributed by atoms with Crippen molar-refractivity contribution in [3.8, 4) is 11.7 Å². The van der Waals surface area contributed by atoms with Crippen molar-refractivity contribution in [2.75, 3.05) is 0 Å². The average molecular weight is 370 g/mol. The molecular weight excluding hydrogens is 359 g/mol. The van der Waals surface area contributed by atoms with Gasteiger partial charge in [-0.05, 0) is 30.7 Å². The van der Waals surface area contributed by atoms with Crippen molar-refractivity contribution in [2.45, 2.75) is 20.0 Å². The summed E-state index contributed by atoms with van der Waals surface area (Å²) in [5.74, 6) is -0.838. The first kappa shape index (κ1) is 17.2. The molecule has 0 radical (unpaired) electrons. The second kappa shape index (κ2) is 7.06. The molecule has 0 fully saturated rings. The second-order valence-corrected chi connectivity index (χ2v) is 5.48. The largest absolute Gasteiger partial charge is 0.457 e. The Morgan fingerprint density at radius 3 is 2.64 bits per heavy atom. The van der Waals surface area contributed by atoms with Gasteiger partial charge in [-0.25, -0.2) is 18.7 Å². The lowest BCUT2D eigenvalue weighted by molar-refractivity contribution is 0.151. The molecule has 2 aromatic heterocycles. The molecule has 0 saturated carbocycles. The highest BCUT2D eigenvalue weighted by atomic mass is 35.5. The average Bonchev–Trinajstić information content (AvgIpc) is 2.95. The third-order valence-electron chi connectivity index (χ3n) is 3.23. The maximum atomic E-state index is 14.4. The van der Waals surface area contributed by atoms with Crippen molar-refractivity contribution >= 4 is 11.6 Å². The molecule has 0 bridgehead atoms. The lowest BCUT2D eigenvalue weighted by Gasteiger charge is -2.07. The molecule has 0 N–H and O–H groups in total. The minimum absolute atomic E-state index is 0.0611. The highest BCUT2D eigenvalue weighted by Crippen LogP contribution is 2.29. The van der Waals surface area contributed by atoms with Gasteiger partial charge < -0.3 is 4.74 Å². The summed E-state index contributed by atoms with van der Waals surface area (Å²) in [5.41, 5.74) is 0.391. The van der Waals surface area contributed by atoms with Gasteiger partial charge in [-0.3, -0.25) is 0 Å². The minimum atomic E-state index is -2.79. The third kappa shape index (κ3) is 3.71. The van der Waals surface area contributed by atoms with Gasteiger partial charge in [-0.2, -0.15) is 9.07 Å². The molecule has 25 heavy (non-hydrogen) atoms. The van der Waals surface area contributed by atoms with Crippen LogP contribution in [0.15, 0.2) is 30.6 Å². The summed E-state index contributed by atoms with van der Waals surface area (Å²) in [6, 6.07) is 3.72. The Hall–Kier alpha value is -2.68. The van der Waals surface area contributed by atoms with Gasteiger partial charge in [-0.1, -0.05) is 16.8 Å². The van der Waals surface area contributed by atoms with Crippen molar-refractivity contribution in [1.82, 2.24) is 25.0 Å². The molecule has 0 aliphatic carbocycles. The Balaban J connectivity index is 1.81. The molecular formula is C15H11ClF3N5O. The van der Waals surface area contributed by atoms with E-state index in [0.29, 0.717) is 0 Å². The van der Waals surface area contributed by atoms with Crippen LogP contribution in [-0.4, -0.2) is 25.0 Å². The van der Waals surface area contributed by atoms with Gasteiger partial charge in [0.15, 0.2) is 5.69 Å². The van der Waals surface area contributed by atoms with Gasteiger partial charge in [-0.15, -0.1) is 5.10 Å². The molecule has 0 saturated heterocycles. The molecule has 0 unspecified atom stereocenters. The fourth-order valence-corrected chi connectivity index (χ4v) is 2.17. The van der Waals surface area contributed by atoms with Crippen LogP contribution in [0.5, 0.6) is 6.01 Å². The number of aryl methyl sites for hydroxylation is 1. The molecule has 0 aliphatic rings. The fraction of sp³-hybridized carbons (Fsp3) is 0.200. The van der Waals surface area contributed by atoms with E-state index in [4.69, 9.17) is 16.3 Å². The normalized spacial score (nSPS) is 11.1. The number of ether oxygens (including phenoxy) is 1. The predicted octanol–water partition coefficient (Wildman–Crippen LogP) is 3.67. The number of hydrogen-bond donors (Lipinski definition) is 0. The predicted molar refractivity (Wildman–Crippen MR) is 82.4 cm³/mol. The van der Waals surface area contributed by atoms with Crippen LogP contribution in [0.1, 0.15) is 23.2 Å². The second-order valence-electron chi connectivity index (χ2n) is 5.08. The number of halogens is 4. The highest BCUT2D eigenvalue weighted by molar-refractivity contribution is 6.31. The molecule has 6 nitrogen and oxygen atoms in total. The SMILES string of the molecule is Cc1cnc(OCc2nnn(-c3ccc(Cl)c(C(F)F)c3)c2F)nc1. The van der Waals surface area contributed by atoms with Crippen LogP contribution in [0.4, 0.5) is 13.2 Å². The molecule has 3 aromatic rings. The van der Waals surface area contributed by atoms with Crippen LogP contribution in [0.2, 0.25) is 5.02 Å². The number of aromatic nitrogens is 5. The van der Waals surface area contributed by atoms with Crippen LogP contribution >= 0.6 is 11.6 Å². The molecule has 3 rings (SSSR count). The molecule has 1 aromatic carbocycles. The summed E-state index contributed by atoms with van der Waals surface area (Å²) >= 11 is 5.70. The Kier molecular flexibility index (Phi) is 4.84. The van der Waals surface area contributed by atoms with Crippen molar-refractivity contribution in [2.24, 2.45) is 0 Å². The van der Waals surface area contributed by atoms with E-state index in [1.54, 1.807) is 12.4 Å². The number of rotatable bonds is 5. The number of nitrogens with zero attached hydrogens (tertiary/aromatic N) is 5. The lowest BCUT2D eigenvalue weighted by atomic mass is 10.2. The van der Waals surface area contributed by atoms with E-state index in [2.05, 4.69) is 20.3 Å². The standard InChI is InChI=1S/C15H11ClF3N5O/c1-8-5-20-15(21-6-8)25-7-12-14(19)24(23-22-12)9-2-3-11(16)10(4-9)13(17)18/h2-6,13H,7H2,1H3. The first-order chi connectivity index (χ1) is 12.0. The quantitative estimate of drug-likeness (QED) is 0.686. The summed E-state index contributed by atoms with van der Waals surface area (Å²) in [6.07, 6.45) is 0.310. The van der Waals surface area contributed by atoms with Crippen molar-refractivity contribution in [1.29, 1.82) is 0 Å². The monoisotopic (exact) mass is 369 g/mol. The lowest BCUT2D eigenvalue weighted by Crippen LogP contribution is -2.04. The molecule has 0 atom stereocenters. The summed E-state index contributed by atoms with van der Waals surface area (Å²) in [6.45, 7) is 1.55. The molecule has 2 heterocycles. The molecule has 0 amide bonds. The topological polar surface area (TPSA) is 65.7 Å². The first-order valence-corrected chi connectivity index (χ1v) is 7.43. The minimum Gasteiger partial charge on any atom is -0.457 e. The van der Waals surface area contributed by atoms with Crippen molar-refractivity contribution < 1.29 is 17.9 Å². The Labute approximate surface area is 145 Å². The number of benzene rings is 1. The van der Waals surface area contributed by atoms with Crippen LogP contribution in [0.3, 0.4) is 0 Å². The zero-order chi connectivity index (χ0) is 18.0. The van der Waals surface area contributed by atoms with Gasteiger partial charge in [0.05, 0.1) is 5.69 Å². The molecule has 0 spiro atoms. The zero-order valence-electron chi connectivity index (χ0n) is 12.8. The van der Waals surface area contributed by atoms with Crippen LogP contribution in [0.25, 0.3) is 5.69 Å². The summed E-state index contributed by atoms with van der Waals surface area (Å²) < 4.78 is 46.3. The summed E-state index contributed by atoms with van der Waals surface area (Å²) in [4.78, 5) is 7.84. The Morgan fingerprint density at radius 2 is 1.96 bits per heavy atom. The van der Waals surface area contributed by atoms with Gasteiger partial charge in [0.25, 0.3) is 6.43 Å². The fourth-order valence-electron chi connectivity index (χ4n) is 1.97. The highest BCUT2D eigenvalue weighted by Gasteiger charge is 2.18. The van der Waals surface area contributed by atoms with Crippen molar-refractivity contribution in [3.63, 3.8) is 0 Å².